The first-order valence-corrected chi connectivity index (χ1v) is 6.61. The van der Waals surface area contributed by atoms with Crippen LogP contribution in [0.25, 0.3) is 0 Å². The first-order valence-electron chi connectivity index (χ1n) is 6.61. The van der Waals surface area contributed by atoms with Crippen LogP contribution in [0, 0.1) is 17.8 Å². The third kappa shape index (κ3) is 1.71. The quantitative estimate of drug-likeness (QED) is 0.726. The number of rotatable bonds is 4. The van der Waals surface area contributed by atoms with E-state index < -0.39 is 0 Å². The number of fused-ring (bicyclic) bond motifs is 1. The van der Waals surface area contributed by atoms with Gasteiger partial charge in [-0.05, 0) is 43.6 Å². The van der Waals surface area contributed by atoms with Gasteiger partial charge >= 0.3 is 0 Å². The van der Waals surface area contributed by atoms with Crippen molar-refractivity contribution in [1.82, 2.24) is 5.32 Å². The van der Waals surface area contributed by atoms with Gasteiger partial charge in [-0.1, -0.05) is 33.1 Å². The maximum absolute atomic E-state index is 3.77. The van der Waals surface area contributed by atoms with Crippen molar-refractivity contribution in [2.24, 2.45) is 17.8 Å². The molecule has 2 fully saturated rings. The predicted molar refractivity (Wildman–Crippen MR) is 61.3 cm³/mol. The van der Waals surface area contributed by atoms with Gasteiger partial charge in [-0.15, -0.1) is 0 Å². The molecule has 4 atom stereocenters. The minimum absolute atomic E-state index is 0.880. The molecule has 0 spiro atoms. The lowest BCUT2D eigenvalue weighted by Gasteiger charge is -2.55. The van der Waals surface area contributed by atoms with E-state index >= 15 is 0 Å². The molecular weight excluding hydrogens is 170 g/mol. The molecule has 2 aliphatic carbocycles. The van der Waals surface area contributed by atoms with E-state index in [2.05, 4.69) is 19.2 Å². The Kier molecular flexibility index (Phi) is 3.48. The molecule has 0 amide bonds. The molecule has 1 nitrogen and oxygen atoms in total. The van der Waals surface area contributed by atoms with Crippen LogP contribution < -0.4 is 5.32 Å². The summed E-state index contributed by atoms with van der Waals surface area (Å²) in [4.78, 5) is 0. The molecule has 4 unspecified atom stereocenters. The standard InChI is InChI=1S/C13H25N/c1-3-9-14-13-10(4-2)11-7-5-6-8-12(11)13/h10-14H,3-9H2,1-2H3. The summed E-state index contributed by atoms with van der Waals surface area (Å²) >= 11 is 0. The molecule has 14 heavy (non-hydrogen) atoms. The Morgan fingerprint density at radius 3 is 2.43 bits per heavy atom. The molecule has 1 N–H and O–H groups in total. The summed E-state index contributed by atoms with van der Waals surface area (Å²) in [6.07, 6.45) is 8.68. The van der Waals surface area contributed by atoms with Crippen molar-refractivity contribution >= 4 is 0 Å². The summed E-state index contributed by atoms with van der Waals surface area (Å²) in [6, 6.07) is 0.880. The van der Waals surface area contributed by atoms with Crippen LogP contribution in [-0.2, 0) is 0 Å². The van der Waals surface area contributed by atoms with Crippen LogP contribution in [0.5, 0.6) is 0 Å². The van der Waals surface area contributed by atoms with Crippen molar-refractivity contribution < 1.29 is 0 Å². The molecule has 2 rings (SSSR count). The molecule has 0 aromatic carbocycles. The topological polar surface area (TPSA) is 12.0 Å². The van der Waals surface area contributed by atoms with Crippen LogP contribution in [0.15, 0.2) is 0 Å². The predicted octanol–water partition coefficient (Wildman–Crippen LogP) is 3.20. The summed E-state index contributed by atoms with van der Waals surface area (Å²) in [5, 5.41) is 3.77. The van der Waals surface area contributed by atoms with Crippen molar-refractivity contribution in [3.05, 3.63) is 0 Å². The maximum atomic E-state index is 3.77. The molecule has 2 aliphatic rings. The van der Waals surface area contributed by atoms with E-state index in [0.717, 1.165) is 23.8 Å². The zero-order valence-electron chi connectivity index (χ0n) is 9.76. The second kappa shape index (κ2) is 4.65. The molecular formula is C13H25N. The average Bonchev–Trinajstić information content (AvgIpc) is 2.20. The van der Waals surface area contributed by atoms with Crippen LogP contribution in [0.2, 0.25) is 0 Å². The van der Waals surface area contributed by atoms with Crippen LogP contribution in [0.3, 0.4) is 0 Å². The van der Waals surface area contributed by atoms with E-state index in [1.54, 1.807) is 0 Å². The van der Waals surface area contributed by atoms with Gasteiger partial charge in [0.2, 0.25) is 0 Å². The summed E-state index contributed by atoms with van der Waals surface area (Å²) in [7, 11) is 0. The molecule has 0 radical (unpaired) electrons. The molecule has 0 bridgehead atoms. The monoisotopic (exact) mass is 195 g/mol. The van der Waals surface area contributed by atoms with Crippen LogP contribution in [-0.4, -0.2) is 12.6 Å². The van der Waals surface area contributed by atoms with E-state index in [4.69, 9.17) is 0 Å². The minimum atomic E-state index is 0.880. The summed E-state index contributed by atoms with van der Waals surface area (Å²) in [5.74, 6) is 3.13. The molecule has 0 aromatic heterocycles. The Balaban J connectivity index is 1.88. The van der Waals surface area contributed by atoms with Gasteiger partial charge in [0.05, 0.1) is 0 Å². The Labute approximate surface area is 88.7 Å². The van der Waals surface area contributed by atoms with Gasteiger partial charge in [0, 0.05) is 6.04 Å². The van der Waals surface area contributed by atoms with E-state index in [1.807, 2.05) is 0 Å². The van der Waals surface area contributed by atoms with Gasteiger partial charge in [-0.2, -0.15) is 0 Å². The molecule has 0 aliphatic heterocycles. The fourth-order valence-electron chi connectivity index (χ4n) is 3.77. The number of hydrogen-bond acceptors (Lipinski definition) is 1. The van der Waals surface area contributed by atoms with Crippen molar-refractivity contribution in [1.29, 1.82) is 0 Å². The highest BCUT2D eigenvalue weighted by molar-refractivity contribution is 5.02. The van der Waals surface area contributed by atoms with E-state index in [0.29, 0.717) is 0 Å². The Morgan fingerprint density at radius 1 is 1.07 bits per heavy atom. The summed E-state index contributed by atoms with van der Waals surface area (Å²) < 4.78 is 0. The third-order valence-electron chi connectivity index (χ3n) is 4.45. The Hall–Kier alpha value is -0.0400. The highest BCUT2D eigenvalue weighted by atomic mass is 15.0. The second-order valence-corrected chi connectivity index (χ2v) is 5.16. The summed E-state index contributed by atoms with van der Waals surface area (Å²) in [5.41, 5.74) is 0. The van der Waals surface area contributed by atoms with Gasteiger partial charge in [-0.25, -0.2) is 0 Å². The van der Waals surface area contributed by atoms with Crippen molar-refractivity contribution in [3.63, 3.8) is 0 Å². The lowest BCUT2D eigenvalue weighted by Crippen LogP contribution is -2.59. The molecule has 82 valence electrons. The SMILES string of the molecule is CCCNC1C(CC)C2CCCCC21. The van der Waals surface area contributed by atoms with Crippen molar-refractivity contribution in [2.75, 3.05) is 6.54 Å². The van der Waals surface area contributed by atoms with E-state index in [1.165, 1.54) is 45.1 Å². The molecule has 0 heterocycles. The highest BCUT2D eigenvalue weighted by Crippen LogP contribution is 2.50. The Morgan fingerprint density at radius 2 is 1.79 bits per heavy atom. The number of hydrogen-bond donors (Lipinski definition) is 1. The zero-order valence-corrected chi connectivity index (χ0v) is 9.76. The Bertz CT molecular complexity index is 172. The first-order chi connectivity index (χ1) is 6.88. The van der Waals surface area contributed by atoms with Crippen LogP contribution in [0.4, 0.5) is 0 Å². The van der Waals surface area contributed by atoms with Crippen molar-refractivity contribution in [2.45, 2.75) is 58.4 Å². The molecule has 1 heteroatoms. The highest BCUT2D eigenvalue weighted by Gasteiger charge is 2.48. The van der Waals surface area contributed by atoms with E-state index in [-0.39, 0.29) is 0 Å². The fraction of sp³-hybridized carbons (Fsp3) is 1.00. The lowest BCUT2D eigenvalue weighted by molar-refractivity contribution is -0.0223. The van der Waals surface area contributed by atoms with Gasteiger partial charge in [0.1, 0.15) is 0 Å². The average molecular weight is 195 g/mol. The maximum Gasteiger partial charge on any atom is 0.0129 e. The lowest BCUT2D eigenvalue weighted by atomic mass is 9.54. The molecule has 0 saturated heterocycles. The third-order valence-corrected chi connectivity index (χ3v) is 4.45. The zero-order chi connectivity index (χ0) is 9.97. The van der Waals surface area contributed by atoms with Gasteiger partial charge in [0.15, 0.2) is 0 Å². The van der Waals surface area contributed by atoms with Gasteiger partial charge in [-0.3, -0.25) is 0 Å². The smallest absolute Gasteiger partial charge is 0.0129 e. The van der Waals surface area contributed by atoms with Crippen LogP contribution in [0.1, 0.15) is 52.4 Å². The van der Waals surface area contributed by atoms with Crippen LogP contribution >= 0.6 is 0 Å². The molecule has 2 saturated carbocycles. The summed E-state index contributed by atoms with van der Waals surface area (Å²) in [6.45, 7) is 5.87. The second-order valence-electron chi connectivity index (χ2n) is 5.16. The fourth-order valence-corrected chi connectivity index (χ4v) is 3.77. The normalized spacial score (nSPS) is 41.6. The van der Waals surface area contributed by atoms with E-state index in [9.17, 15) is 0 Å². The first kappa shape index (κ1) is 10.5. The van der Waals surface area contributed by atoms with Gasteiger partial charge in [0.25, 0.3) is 0 Å². The minimum Gasteiger partial charge on any atom is -0.313 e. The van der Waals surface area contributed by atoms with Gasteiger partial charge < -0.3 is 5.32 Å². The molecule has 0 aromatic rings. The number of nitrogens with one attached hydrogen (secondary N) is 1. The van der Waals surface area contributed by atoms with Crippen molar-refractivity contribution in [3.8, 4) is 0 Å². The largest absolute Gasteiger partial charge is 0.313 e.